The van der Waals surface area contributed by atoms with Crippen LogP contribution in [0.4, 0.5) is 0 Å². The largest absolute Gasteiger partial charge is 0.327 e. The number of hydrogen-bond acceptors (Lipinski definition) is 7. The summed E-state index contributed by atoms with van der Waals surface area (Å²) in [6, 6.07) is 5.27. The molecular weight excluding hydrogens is 446 g/mol. The zero-order valence-corrected chi connectivity index (χ0v) is 21.2. The molecule has 0 saturated heterocycles. The summed E-state index contributed by atoms with van der Waals surface area (Å²) >= 11 is 1.55. The average Bonchev–Trinajstić information content (AvgIpc) is 3.33. The molecule has 0 saturated carbocycles. The fraction of sp³-hybridized carbons (Fsp3) is 0.619. The van der Waals surface area contributed by atoms with E-state index in [0.717, 1.165) is 42.4 Å². The van der Waals surface area contributed by atoms with Gasteiger partial charge in [-0.25, -0.2) is 18.1 Å². The van der Waals surface area contributed by atoms with Crippen LogP contribution in [0.3, 0.4) is 0 Å². The molecule has 2 heterocycles. The molecule has 0 bridgehead atoms. The van der Waals surface area contributed by atoms with Gasteiger partial charge in [-0.2, -0.15) is 4.31 Å². The average molecular weight is 480 g/mol. The lowest BCUT2D eigenvalue weighted by atomic mass is 10.2. The smallest absolute Gasteiger partial charge is 0.243 e. The van der Waals surface area contributed by atoms with E-state index in [4.69, 9.17) is 4.98 Å². The fourth-order valence-corrected chi connectivity index (χ4v) is 5.91. The molecule has 1 aromatic carbocycles. The lowest BCUT2D eigenvalue weighted by Gasteiger charge is -2.18. The Balaban J connectivity index is 1.94. The lowest BCUT2D eigenvalue weighted by molar-refractivity contribution is 0.445. The SMILES string of the molecule is CCCCn1c(CSc2nnnn2CC(C)C)nc2cc(S(=O)(=O)N(CC)CC)ccc21. The molecule has 0 atom stereocenters. The predicted octanol–water partition coefficient (Wildman–Crippen LogP) is 3.80. The number of rotatable bonds is 12. The van der Waals surface area contributed by atoms with Crippen LogP contribution in [0.2, 0.25) is 0 Å². The number of sulfonamides is 1. The minimum absolute atomic E-state index is 0.286. The van der Waals surface area contributed by atoms with E-state index in [9.17, 15) is 8.42 Å². The third kappa shape index (κ3) is 5.32. The second-order valence-corrected chi connectivity index (χ2v) is 11.0. The molecule has 3 rings (SSSR count). The maximum absolute atomic E-state index is 13.0. The number of fused-ring (bicyclic) bond motifs is 1. The lowest BCUT2D eigenvalue weighted by Crippen LogP contribution is -2.30. The Bertz CT molecular complexity index is 1130. The molecule has 0 aliphatic rings. The molecule has 0 aliphatic carbocycles. The van der Waals surface area contributed by atoms with Crippen LogP contribution in [0.25, 0.3) is 11.0 Å². The number of imidazole rings is 1. The highest BCUT2D eigenvalue weighted by molar-refractivity contribution is 7.98. The minimum atomic E-state index is -3.53. The first-order valence-corrected chi connectivity index (χ1v) is 13.6. The van der Waals surface area contributed by atoms with Gasteiger partial charge in [-0.3, -0.25) is 0 Å². The van der Waals surface area contributed by atoms with Crippen LogP contribution in [0.15, 0.2) is 28.3 Å². The van der Waals surface area contributed by atoms with Gasteiger partial charge in [0.15, 0.2) is 0 Å². The Morgan fingerprint density at radius 1 is 1.16 bits per heavy atom. The maximum atomic E-state index is 13.0. The molecule has 176 valence electrons. The Morgan fingerprint density at radius 2 is 1.91 bits per heavy atom. The van der Waals surface area contributed by atoms with Crippen molar-refractivity contribution in [1.82, 2.24) is 34.1 Å². The van der Waals surface area contributed by atoms with Gasteiger partial charge in [0.25, 0.3) is 0 Å². The molecule has 0 spiro atoms. The normalized spacial score (nSPS) is 12.5. The summed E-state index contributed by atoms with van der Waals surface area (Å²) in [6.07, 6.45) is 2.08. The number of tetrazole rings is 1. The molecule has 0 N–H and O–H groups in total. The first kappa shape index (κ1) is 24.7. The Kier molecular flexibility index (Phi) is 8.29. The van der Waals surface area contributed by atoms with Crippen LogP contribution in [-0.2, 0) is 28.9 Å². The summed E-state index contributed by atoms with van der Waals surface area (Å²) in [5.74, 6) is 1.95. The molecule has 2 aromatic heterocycles. The van der Waals surface area contributed by atoms with Gasteiger partial charge in [0.2, 0.25) is 15.2 Å². The van der Waals surface area contributed by atoms with Crippen molar-refractivity contribution in [2.45, 2.75) is 76.4 Å². The zero-order valence-electron chi connectivity index (χ0n) is 19.5. The van der Waals surface area contributed by atoms with E-state index in [2.05, 4.69) is 40.9 Å². The van der Waals surface area contributed by atoms with Crippen LogP contribution in [0, 0.1) is 5.92 Å². The van der Waals surface area contributed by atoms with Gasteiger partial charge >= 0.3 is 0 Å². The third-order valence-corrected chi connectivity index (χ3v) is 8.24. The molecule has 0 aliphatic heterocycles. The van der Waals surface area contributed by atoms with Crippen molar-refractivity contribution in [2.24, 2.45) is 5.92 Å². The first-order valence-electron chi connectivity index (χ1n) is 11.2. The molecule has 3 aromatic rings. The highest BCUT2D eigenvalue weighted by Crippen LogP contribution is 2.27. The Morgan fingerprint density at radius 3 is 2.56 bits per heavy atom. The summed E-state index contributed by atoms with van der Waals surface area (Å²) in [4.78, 5) is 5.11. The molecule has 32 heavy (non-hydrogen) atoms. The van der Waals surface area contributed by atoms with Gasteiger partial charge in [0.05, 0.1) is 21.7 Å². The summed E-state index contributed by atoms with van der Waals surface area (Å²) in [6.45, 7) is 12.6. The number of aromatic nitrogens is 6. The molecule has 0 unspecified atom stereocenters. The van der Waals surface area contributed by atoms with Crippen molar-refractivity contribution >= 4 is 32.8 Å². The van der Waals surface area contributed by atoms with Gasteiger partial charge in [0, 0.05) is 26.2 Å². The molecule has 11 heteroatoms. The molecule has 9 nitrogen and oxygen atoms in total. The van der Waals surface area contributed by atoms with Crippen molar-refractivity contribution < 1.29 is 8.42 Å². The molecule has 0 radical (unpaired) electrons. The van der Waals surface area contributed by atoms with Crippen LogP contribution < -0.4 is 0 Å². The topological polar surface area (TPSA) is 98.8 Å². The highest BCUT2D eigenvalue weighted by atomic mass is 32.2. The molecular formula is C21H33N7O2S2. The van der Waals surface area contributed by atoms with E-state index in [1.165, 1.54) is 4.31 Å². The second-order valence-electron chi connectivity index (χ2n) is 8.10. The number of benzene rings is 1. The van der Waals surface area contributed by atoms with Crippen molar-refractivity contribution in [2.75, 3.05) is 13.1 Å². The fourth-order valence-electron chi connectivity index (χ4n) is 3.60. The van der Waals surface area contributed by atoms with Crippen molar-refractivity contribution in [1.29, 1.82) is 0 Å². The van der Waals surface area contributed by atoms with E-state index < -0.39 is 10.0 Å². The van der Waals surface area contributed by atoms with Crippen LogP contribution in [0.1, 0.15) is 53.3 Å². The monoisotopic (exact) mass is 479 g/mol. The van der Waals surface area contributed by atoms with Gasteiger partial charge in [-0.1, -0.05) is 52.8 Å². The number of thioether (sulfide) groups is 1. The zero-order chi connectivity index (χ0) is 23.3. The Hall–Kier alpha value is -1.98. The summed E-state index contributed by atoms with van der Waals surface area (Å²) in [5, 5.41) is 12.8. The summed E-state index contributed by atoms with van der Waals surface area (Å²) in [5.41, 5.74) is 1.65. The molecule has 0 fully saturated rings. The van der Waals surface area contributed by atoms with Crippen molar-refractivity contribution in [3.05, 3.63) is 24.0 Å². The quantitative estimate of drug-likeness (QED) is 0.364. The van der Waals surface area contributed by atoms with Gasteiger partial charge < -0.3 is 4.57 Å². The summed E-state index contributed by atoms with van der Waals surface area (Å²) < 4.78 is 31.4. The second kappa shape index (κ2) is 10.8. The number of nitrogens with zero attached hydrogens (tertiary/aromatic N) is 7. The number of unbranched alkanes of at least 4 members (excludes halogenated alkanes) is 1. The number of aryl methyl sites for hydroxylation is 1. The van der Waals surface area contributed by atoms with E-state index in [0.29, 0.717) is 30.3 Å². The third-order valence-electron chi connectivity index (χ3n) is 5.24. The van der Waals surface area contributed by atoms with E-state index in [1.807, 2.05) is 24.6 Å². The molecule has 0 amide bonds. The van der Waals surface area contributed by atoms with Crippen molar-refractivity contribution in [3.8, 4) is 0 Å². The Labute approximate surface area is 194 Å². The van der Waals surface area contributed by atoms with E-state index in [-0.39, 0.29) is 4.90 Å². The maximum Gasteiger partial charge on any atom is 0.243 e. The van der Waals surface area contributed by atoms with Crippen LogP contribution in [0.5, 0.6) is 0 Å². The van der Waals surface area contributed by atoms with E-state index in [1.54, 1.807) is 23.9 Å². The predicted molar refractivity (Wildman–Crippen MR) is 127 cm³/mol. The first-order chi connectivity index (χ1) is 15.3. The summed E-state index contributed by atoms with van der Waals surface area (Å²) in [7, 11) is -3.53. The van der Waals surface area contributed by atoms with Crippen LogP contribution >= 0.6 is 11.8 Å². The van der Waals surface area contributed by atoms with Gasteiger partial charge in [-0.15, -0.1) is 5.10 Å². The van der Waals surface area contributed by atoms with Crippen molar-refractivity contribution in [3.63, 3.8) is 0 Å². The van der Waals surface area contributed by atoms with Gasteiger partial charge in [0.1, 0.15) is 5.82 Å². The van der Waals surface area contributed by atoms with E-state index >= 15 is 0 Å². The number of hydrogen-bond donors (Lipinski definition) is 0. The standard InChI is InChI=1S/C21H33N7O2S2/c1-6-9-12-27-19-11-10-17(32(29,30)26(7-2)8-3)13-18(19)22-20(27)15-31-21-23-24-25-28(21)14-16(4)5/h10-11,13,16H,6-9,12,14-15H2,1-5H3. The van der Waals surface area contributed by atoms with Gasteiger partial charge in [-0.05, 0) is 41.0 Å². The highest BCUT2D eigenvalue weighted by Gasteiger charge is 2.23. The van der Waals surface area contributed by atoms with Crippen LogP contribution in [-0.4, -0.2) is 55.6 Å². The minimum Gasteiger partial charge on any atom is -0.327 e.